The largest absolute Gasteiger partial charge is 0.483 e. The Balaban J connectivity index is 2.11. The van der Waals surface area contributed by atoms with Crippen molar-refractivity contribution in [3.63, 3.8) is 0 Å². The van der Waals surface area contributed by atoms with Gasteiger partial charge in [0.25, 0.3) is 11.6 Å². The molecule has 1 amide bonds. The topological polar surface area (TPSA) is 117 Å². The molecule has 0 unspecified atom stereocenters. The molecule has 0 aliphatic carbocycles. The molecule has 9 heteroatoms. The molecule has 0 fully saturated rings. The highest BCUT2D eigenvalue weighted by Crippen LogP contribution is 2.25. The van der Waals surface area contributed by atoms with Crippen LogP contribution in [0.3, 0.4) is 0 Å². The first-order valence-corrected chi connectivity index (χ1v) is 8.72. The summed E-state index contributed by atoms with van der Waals surface area (Å²) in [5.74, 6) is -0.0861. The molecule has 0 aliphatic heterocycles. The average molecular weight is 386 g/mol. The van der Waals surface area contributed by atoms with Gasteiger partial charge >= 0.3 is 0 Å². The van der Waals surface area contributed by atoms with Gasteiger partial charge in [0.05, 0.1) is 11.1 Å². The van der Waals surface area contributed by atoms with E-state index in [0.717, 1.165) is 18.8 Å². The average Bonchev–Trinajstić information content (AvgIpc) is 2.69. The molecule has 0 aromatic heterocycles. The number of anilines is 2. The monoisotopic (exact) mass is 386 g/mol. The lowest BCUT2D eigenvalue weighted by Crippen LogP contribution is -2.23. The number of nitrogens with zero attached hydrogens (tertiary/aromatic N) is 3. The highest BCUT2D eigenvalue weighted by molar-refractivity contribution is 5.92. The second-order valence-corrected chi connectivity index (χ2v) is 5.78. The Hall–Kier alpha value is -3.62. The van der Waals surface area contributed by atoms with Crippen molar-refractivity contribution >= 4 is 29.2 Å². The predicted octanol–water partition coefficient (Wildman–Crippen LogP) is 3.27. The van der Waals surface area contributed by atoms with Crippen LogP contribution in [0.15, 0.2) is 47.6 Å². The zero-order valence-electron chi connectivity index (χ0n) is 15.7. The maximum atomic E-state index is 12.2. The standard InChI is InChI=1S/C19H22N4O5/c1-3-22(4-2)16-9-8-14(12-20-25)18(11-16)28-13-19(24)21-15-6-5-7-17(10-15)23(26)27/h5-12,25H,3-4,13H2,1-2H3,(H,21,24)/b20-12+. The van der Waals surface area contributed by atoms with Crippen molar-refractivity contribution in [3.05, 3.63) is 58.1 Å². The quantitative estimate of drug-likeness (QED) is 0.296. The Labute approximate surface area is 162 Å². The van der Waals surface area contributed by atoms with Crippen molar-refractivity contribution in [2.75, 3.05) is 29.9 Å². The Bertz CT molecular complexity index is 865. The molecule has 0 spiro atoms. The molecule has 0 aliphatic rings. The molecule has 2 rings (SSSR count). The smallest absolute Gasteiger partial charge is 0.271 e. The molecule has 0 atom stereocenters. The number of nitrogens with one attached hydrogen (secondary N) is 1. The molecule has 0 heterocycles. The molecule has 0 bridgehead atoms. The third-order valence-corrected chi connectivity index (χ3v) is 4.02. The SMILES string of the molecule is CCN(CC)c1ccc(/C=N/O)c(OCC(=O)Nc2cccc([N+](=O)[O-])c2)c1. The van der Waals surface area contributed by atoms with E-state index in [1.807, 2.05) is 19.9 Å². The van der Waals surface area contributed by atoms with Gasteiger partial charge < -0.3 is 20.2 Å². The van der Waals surface area contributed by atoms with E-state index >= 15 is 0 Å². The van der Waals surface area contributed by atoms with Crippen molar-refractivity contribution in [1.29, 1.82) is 0 Å². The number of non-ortho nitro benzene ring substituents is 1. The molecule has 0 saturated heterocycles. The summed E-state index contributed by atoms with van der Waals surface area (Å²) < 4.78 is 5.61. The summed E-state index contributed by atoms with van der Waals surface area (Å²) >= 11 is 0. The molecule has 0 saturated carbocycles. The minimum Gasteiger partial charge on any atom is -0.483 e. The number of hydrogen-bond donors (Lipinski definition) is 2. The fourth-order valence-electron chi connectivity index (χ4n) is 2.64. The van der Waals surface area contributed by atoms with Crippen molar-refractivity contribution in [2.45, 2.75) is 13.8 Å². The van der Waals surface area contributed by atoms with Gasteiger partial charge in [-0.1, -0.05) is 11.2 Å². The summed E-state index contributed by atoms with van der Waals surface area (Å²) in [6, 6.07) is 11.0. The van der Waals surface area contributed by atoms with E-state index < -0.39 is 10.8 Å². The number of oxime groups is 1. The molecular formula is C19H22N4O5. The minimum atomic E-state index is -0.536. The second kappa shape index (κ2) is 9.91. The van der Waals surface area contributed by atoms with Crippen LogP contribution in [0.2, 0.25) is 0 Å². The molecule has 2 aromatic rings. The van der Waals surface area contributed by atoms with Crippen LogP contribution in [0.5, 0.6) is 5.75 Å². The summed E-state index contributed by atoms with van der Waals surface area (Å²) in [7, 11) is 0. The third-order valence-electron chi connectivity index (χ3n) is 4.02. The zero-order valence-corrected chi connectivity index (χ0v) is 15.7. The summed E-state index contributed by atoms with van der Waals surface area (Å²) in [4.78, 5) is 24.6. The molecule has 9 nitrogen and oxygen atoms in total. The van der Waals surface area contributed by atoms with Crippen LogP contribution in [-0.4, -0.2) is 41.9 Å². The fraction of sp³-hybridized carbons (Fsp3) is 0.263. The van der Waals surface area contributed by atoms with Gasteiger partial charge in [-0.05, 0) is 32.0 Å². The first-order chi connectivity index (χ1) is 13.5. The Kier molecular flexibility index (Phi) is 7.32. The Morgan fingerprint density at radius 2 is 2.04 bits per heavy atom. The molecule has 148 valence electrons. The lowest BCUT2D eigenvalue weighted by atomic mass is 10.2. The maximum Gasteiger partial charge on any atom is 0.271 e. The van der Waals surface area contributed by atoms with Gasteiger partial charge in [0.1, 0.15) is 5.75 Å². The van der Waals surface area contributed by atoms with Gasteiger partial charge in [0, 0.05) is 48.2 Å². The molecular weight excluding hydrogens is 364 g/mol. The summed E-state index contributed by atoms with van der Waals surface area (Å²) in [5.41, 5.74) is 1.61. The minimum absolute atomic E-state index is 0.118. The van der Waals surface area contributed by atoms with Crippen molar-refractivity contribution in [2.24, 2.45) is 5.16 Å². The van der Waals surface area contributed by atoms with Crippen LogP contribution in [0.1, 0.15) is 19.4 Å². The number of hydrogen-bond acceptors (Lipinski definition) is 7. The van der Waals surface area contributed by atoms with E-state index in [-0.39, 0.29) is 12.3 Å². The van der Waals surface area contributed by atoms with E-state index in [1.54, 1.807) is 18.2 Å². The van der Waals surface area contributed by atoms with E-state index in [1.165, 1.54) is 24.4 Å². The van der Waals surface area contributed by atoms with E-state index in [2.05, 4.69) is 15.4 Å². The number of rotatable bonds is 9. The number of carbonyl (C=O) groups excluding carboxylic acids is 1. The van der Waals surface area contributed by atoms with Gasteiger partial charge in [0.2, 0.25) is 0 Å². The molecule has 2 aromatic carbocycles. The number of carbonyl (C=O) groups is 1. The highest BCUT2D eigenvalue weighted by atomic mass is 16.6. The second-order valence-electron chi connectivity index (χ2n) is 5.78. The number of nitro benzene ring substituents is 1. The normalized spacial score (nSPS) is 10.6. The fourth-order valence-corrected chi connectivity index (χ4v) is 2.64. The third kappa shape index (κ3) is 5.44. The molecule has 28 heavy (non-hydrogen) atoms. The number of ether oxygens (including phenoxy) is 1. The Morgan fingerprint density at radius 1 is 1.29 bits per heavy atom. The summed E-state index contributed by atoms with van der Waals surface area (Å²) in [6.07, 6.45) is 1.22. The van der Waals surface area contributed by atoms with E-state index in [0.29, 0.717) is 17.0 Å². The number of nitro groups is 1. The van der Waals surface area contributed by atoms with Crippen LogP contribution < -0.4 is 15.0 Å². The number of amides is 1. The zero-order chi connectivity index (χ0) is 20.5. The number of benzene rings is 2. The van der Waals surface area contributed by atoms with Gasteiger partial charge in [-0.25, -0.2) is 0 Å². The lowest BCUT2D eigenvalue weighted by molar-refractivity contribution is -0.384. The van der Waals surface area contributed by atoms with Crippen LogP contribution >= 0.6 is 0 Å². The predicted molar refractivity (Wildman–Crippen MR) is 107 cm³/mol. The van der Waals surface area contributed by atoms with Crippen LogP contribution in [-0.2, 0) is 4.79 Å². The lowest BCUT2D eigenvalue weighted by Gasteiger charge is -2.22. The van der Waals surface area contributed by atoms with Crippen molar-refractivity contribution < 1.29 is 19.7 Å². The summed E-state index contributed by atoms with van der Waals surface area (Å²) in [5, 5.41) is 25.2. The summed E-state index contributed by atoms with van der Waals surface area (Å²) in [6.45, 7) is 5.35. The van der Waals surface area contributed by atoms with Crippen molar-refractivity contribution in [3.8, 4) is 5.75 Å². The van der Waals surface area contributed by atoms with E-state index in [9.17, 15) is 14.9 Å². The Morgan fingerprint density at radius 3 is 2.68 bits per heavy atom. The highest BCUT2D eigenvalue weighted by Gasteiger charge is 2.12. The van der Waals surface area contributed by atoms with Gasteiger partial charge in [-0.3, -0.25) is 14.9 Å². The van der Waals surface area contributed by atoms with Gasteiger partial charge in [0.15, 0.2) is 6.61 Å². The first-order valence-electron chi connectivity index (χ1n) is 8.72. The molecule has 0 radical (unpaired) electrons. The van der Waals surface area contributed by atoms with Crippen LogP contribution in [0.25, 0.3) is 0 Å². The van der Waals surface area contributed by atoms with Crippen LogP contribution in [0, 0.1) is 10.1 Å². The van der Waals surface area contributed by atoms with E-state index in [4.69, 9.17) is 9.94 Å². The first kappa shape index (κ1) is 20.7. The van der Waals surface area contributed by atoms with Gasteiger partial charge in [-0.15, -0.1) is 0 Å². The van der Waals surface area contributed by atoms with Crippen LogP contribution in [0.4, 0.5) is 17.1 Å². The maximum absolute atomic E-state index is 12.2. The van der Waals surface area contributed by atoms with Gasteiger partial charge in [-0.2, -0.15) is 0 Å². The molecule has 2 N–H and O–H groups in total. The van der Waals surface area contributed by atoms with Crippen molar-refractivity contribution in [1.82, 2.24) is 0 Å².